The summed E-state index contributed by atoms with van der Waals surface area (Å²) in [5, 5.41) is 5.54. The topological polar surface area (TPSA) is 60.7 Å². The maximum atomic E-state index is 12.1. The van der Waals surface area contributed by atoms with Crippen LogP contribution in [0.2, 0.25) is 0 Å². The molecule has 0 unspecified atom stereocenters. The maximum absolute atomic E-state index is 12.1. The third-order valence-electron chi connectivity index (χ3n) is 3.01. The van der Waals surface area contributed by atoms with Crippen LogP contribution in [0.15, 0.2) is 30.5 Å². The molecule has 0 amide bonds. The van der Waals surface area contributed by atoms with Gasteiger partial charge in [0, 0.05) is 11.9 Å². The first-order valence-electron chi connectivity index (χ1n) is 6.04. The molecule has 5 nitrogen and oxygen atoms in total. The Hall–Kier alpha value is -2.08. The Labute approximate surface area is 114 Å². The van der Waals surface area contributed by atoms with Crippen molar-refractivity contribution in [1.82, 2.24) is 18.5 Å². The van der Waals surface area contributed by atoms with Crippen LogP contribution in [0, 0.1) is 0 Å². The highest BCUT2D eigenvalue weighted by atomic mass is 32.1. The van der Waals surface area contributed by atoms with Gasteiger partial charge >= 0.3 is 0 Å². The fraction of sp³-hybridized carbons (Fsp3) is 0.231. The molecule has 2 aromatic heterocycles. The number of carbonyl (C=O) groups excluding carboxylic acids is 1. The Kier molecular flexibility index (Phi) is 3.08. The van der Waals surface area contributed by atoms with Gasteiger partial charge in [-0.2, -0.15) is 13.8 Å². The van der Waals surface area contributed by atoms with Crippen LogP contribution >= 0.6 is 11.7 Å². The summed E-state index contributed by atoms with van der Waals surface area (Å²) in [6.45, 7) is 2.82. The number of Topliss-reactive ketones (excluding diaryl/α,β-unsaturated/α-hetero) is 1. The van der Waals surface area contributed by atoms with Gasteiger partial charge in [0.1, 0.15) is 5.69 Å². The van der Waals surface area contributed by atoms with Crippen LogP contribution in [0.4, 0.5) is 0 Å². The van der Waals surface area contributed by atoms with Gasteiger partial charge in [0.05, 0.1) is 35.6 Å². The minimum atomic E-state index is -0.0414. The molecule has 0 fully saturated rings. The Morgan fingerprint density at radius 2 is 2.21 bits per heavy atom. The molecule has 2 heterocycles. The van der Waals surface area contributed by atoms with Crippen molar-refractivity contribution in [3.63, 3.8) is 0 Å². The van der Waals surface area contributed by atoms with Crippen LogP contribution in [0.3, 0.4) is 0 Å². The van der Waals surface area contributed by atoms with Crippen molar-refractivity contribution in [2.45, 2.75) is 19.9 Å². The van der Waals surface area contributed by atoms with Gasteiger partial charge in [0.25, 0.3) is 0 Å². The zero-order valence-electron chi connectivity index (χ0n) is 10.4. The molecule has 0 atom stereocenters. The molecule has 0 N–H and O–H groups in total. The molecule has 19 heavy (non-hydrogen) atoms. The van der Waals surface area contributed by atoms with Crippen molar-refractivity contribution in [2.24, 2.45) is 0 Å². The van der Waals surface area contributed by atoms with Crippen LogP contribution in [-0.4, -0.2) is 24.3 Å². The quantitative estimate of drug-likeness (QED) is 0.684. The summed E-state index contributed by atoms with van der Waals surface area (Å²) in [7, 11) is 0. The van der Waals surface area contributed by atoms with E-state index in [0.717, 1.165) is 34.9 Å². The van der Waals surface area contributed by atoms with Crippen molar-refractivity contribution in [2.75, 3.05) is 0 Å². The number of para-hydroxylation sites is 1. The minimum absolute atomic E-state index is 0.0414. The average Bonchev–Trinajstić information content (AvgIpc) is 3.07. The number of ketones is 1. The number of aryl methyl sites for hydroxylation is 1. The molecular formula is C13H12N4OS. The van der Waals surface area contributed by atoms with Gasteiger partial charge in [0.2, 0.25) is 0 Å². The van der Waals surface area contributed by atoms with E-state index in [1.54, 1.807) is 0 Å². The molecule has 0 radical (unpaired) electrons. The summed E-state index contributed by atoms with van der Waals surface area (Å²) in [4.78, 5) is 12.1. The molecule has 0 aliphatic rings. The van der Waals surface area contributed by atoms with Crippen LogP contribution in [0.5, 0.6) is 0 Å². The van der Waals surface area contributed by atoms with Crippen molar-refractivity contribution < 1.29 is 4.79 Å². The highest BCUT2D eigenvalue weighted by Crippen LogP contribution is 2.19. The molecule has 0 saturated carbocycles. The Bertz CT molecular complexity index is 717. The molecule has 0 aliphatic heterocycles. The third kappa shape index (κ3) is 2.15. The normalized spacial score (nSPS) is 11.0. The van der Waals surface area contributed by atoms with E-state index in [1.807, 2.05) is 35.9 Å². The zero-order chi connectivity index (χ0) is 13.2. The van der Waals surface area contributed by atoms with E-state index in [2.05, 4.69) is 13.8 Å². The number of carbonyl (C=O) groups is 1. The number of rotatable bonds is 4. The fourth-order valence-electron chi connectivity index (χ4n) is 2.10. The largest absolute Gasteiger partial charge is 0.292 e. The number of hydrogen-bond donors (Lipinski definition) is 0. The molecule has 0 spiro atoms. The van der Waals surface area contributed by atoms with Gasteiger partial charge in [0.15, 0.2) is 5.78 Å². The van der Waals surface area contributed by atoms with E-state index >= 15 is 0 Å². The molecule has 6 heteroatoms. The maximum Gasteiger partial charge on any atom is 0.189 e. The second-order valence-corrected chi connectivity index (χ2v) is 4.73. The SMILES string of the molecule is CCn1nc(CC(=O)c2cnsn2)c2ccccc21. The number of benzene rings is 1. The average molecular weight is 272 g/mol. The fourth-order valence-corrected chi connectivity index (χ4v) is 2.53. The van der Waals surface area contributed by atoms with Gasteiger partial charge in [-0.1, -0.05) is 18.2 Å². The van der Waals surface area contributed by atoms with Gasteiger partial charge < -0.3 is 0 Å². The van der Waals surface area contributed by atoms with Crippen molar-refractivity contribution in [3.8, 4) is 0 Å². The van der Waals surface area contributed by atoms with E-state index in [-0.39, 0.29) is 12.2 Å². The summed E-state index contributed by atoms with van der Waals surface area (Å²) in [6.07, 6.45) is 1.77. The summed E-state index contributed by atoms with van der Waals surface area (Å²) >= 11 is 1.05. The van der Waals surface area contributed by atoms with Gasteiger partial charge in [-0.05, 0) is 13.0 Å². The molecule has 0 saturated heterocycles. The Morgan fingerprint density at radius 1 is 1.37 bits per heavy atom. The van der Waals surface area contributed by atoms with E-state index in [4.69, 9.17) is 0 Å². The Balaban J connectivity index is 1.99. The van der Waals surface area contributed by atoms with Crippen LogP contribution < -0.4 is 0 Å². The third-order valence-corrected chi connectivity index (χ3v) is 3.49. The summed E-state index contributed by atoms with van der Waals surface area (Å²) in [6, 6.07) is 7.95. The van der Waals surface area contributed by atoms with Crippen molar-refractivity contribution >= 4 is 28.4 Å². The van der Waals surface area contributed by atoms with Gasteiger partial charge in [-0.25, -0.2) is 0 Å². The summed E-state index contributed by atoms with van der Waals surface area (Å²) in [5.41, 5.74) is 2.28. The number of fused-ring (bicyclic) bond motifs is 1. The van der Waals surface area contributed by atoms with Crippen molar-refractivity contribution in [1.29, 1.82) is 0 Å². The number of nitrogens with zero attached hydrogens (tertiary/aromatic N) is 4. The second-order valence-electron chi connectivity index (χ2n) is 4.17. The van der Waals surface area contributed by atoms with E-state index < -0.39 is 0 Å². The van der Waals surface area contributed by atoms with Crippen LogP contribution in [0.1, 0.15) is 23.1 Å². The highest BCUT2D eigenvalue weighted by molar-refractivity contribution is 6.99. The minimum Gasteiger partial charge on any atom is -0.292 e. The molecule has 3 rings (SSSR count). The summed E-state index contributed by atoms with van der Waals surface area (Å²) < 4.78 is 9.73. The molecular weight excluding hydrogens is 260 g/mol. The number of aromatic nitrogens is 4. The highest BCUT2D eigenvalue weighted by Gasteiger charge is 2.15. The molecule has 0 aliphatic carbocycles. The van der Waals surface area contributed by atoms with Gasteiger partial charge in [-0.15, -0.1) is 0 Å². The first-order chi connectivity index (χ1) is 9.29. The Morgan fingerprint density at radius 3 is 2.95 bits per heavy atom. The zero-order valence-corrected chi connectivity index (χ0v) is 11.2. The lowest BCUT2D eigenvalue weighted by molar-refractivity contribution is 0.0988. The smallest absolute Gasteiger partial charge is 0.189 e. The van der Waals surface area contributed by atoms with Crippen LogP contribution in [-0.2, 0) is 13.0 Å². The van der Waals surface area contributed by atoms with E-state index in [0.29, 0.717) is 5.69 Å². The van der Waals surface area contributed by atoms with Gasteiger partial charge in [-0.3, -0.25) is 9.48 Å². The molecule has 3 aromatic rings. The molecule has 0 bridgehead atoms. The molecule has 96 valence electrons. The van der Waals surface area contributed by atoms with E-state index in [1.165, 1.54) is 6.20 Å². The first-order valence-corrected chi connectivity index (χ1v) is 6.78. The summed E-state index contributed by atoms with van der Waals surface area (Å²) in [5.74, 6) is -0.0414. The van der Waals surface area contributed by atoms with E-state index in [9.17, 15) is 4.79 Å². The lowest BCUT2D eigenvalue weighted by atomic mass is 10.1. The molecule has 1 aromatic carbocycles. The predicted molar refractivity (Wildman–Crippen MR) is 73.4 cm³/mol. The van der Waals surface area contributed by atoms with Crippen LogP contribution in [0.25, 0.3) is 10.9 Å². The monoisotopic (exact) mass is 272 g/mol. The standard InChI is InChI=1S/C13H12N4OS/c1-2-17-12-6-4-3-5-9(12)10(15-17)7-13(18)11-8-14-19-16-11/h3-6,8H,2,7H2,1H3. The predicted octanol–water partition coefficient (Wildman–Crippen LogP) is 2.33. The number of hydrogen-bond acceptors (Lipinski definition) is 5. The lowest BCUT2D eigenvalue weighted by Crippen LogP contribution is -2.05. The lowest BCUT2D eigenvalue weighted by Gasteiger charge is -1.95. The first kappa shape index (κ1) is 12.0. The second kappa shape index (κ2) is 4.89. The van der Waals surface area contributed by atoms with Crippen molar-refractivity contribution in [3.05, 3.63) is 41.9 Å².